The van der Waals surface area contributed by atoms with Crippen molar-refractivity contribution in [2.45, 2.75) is 18.3 Å². The Morgan fingerprint density at radius 2 is 1.93 bits per heavy atom. The van der Waals surface area contributed by atoms with Gasteiger partial charge in [0.2, 0.25) is 0 Å². The number of hydrogen-bond acceptors (Lipinski definition) is 6. The van der Waals surface area contributed by atoms with E-state index in [0.29, 0.717) is 0 Å². The minimum absolute atomic E-state index is 0.0451. The summed E-state index contributed by atoms with van der Waals surface area (Å²) < 4.78 is 40.5. The molecule has 1 aromatic carbocycles. The van der Waals surface area contributed by atoms with Gasteiger partial charge >= 0.3 is 6.18 Å². The summed E-state index contributed by atoms with van der Waals surface area (Å²) in [5.74, 6) is -1.25. The van der Waals surface area contributed by atoms with E-state index in [-0.39, 0.29) is 27.5 Å². The standard InChI is InChI=1S/C16H11F3N4O4/c17-16(18,19)15(25)8-13(11-2-1-7-20-9-11)21-22(15)14(24)10-3-5-12(6-4-10)23(26)27/h1-7,9,25H,8H2/t15-/m0/s1. The fraction of sp³-hybridized carbons (Fsp3) is 0.188. The summed E-state index contributed by atoms with van der Waals surface area (Å²) >= 11 is 0. The summed E-state index contributed by atoms with van der Waals surface area (Å²) in [6.07, 6.45) is -3.48. The third-order valence-corrected chi connectivity index (χ3v) is 3.95. The van der Waals surface area contributed by atoms with E-state index in [9.17, 15) is 33.2 Å². The third-order valence-electron chi connectivity index (χ3n) is 3.95. The van der Waals surface area contributed by atoms with E-state index in [4.69, 9.17) is 0 Å². The molecular weight excluding hydrogens is 369 g/mol. The molecule has 0 saturated heterocycles. The maximum atomic E-state index is 13.5. The Bertz CT molecular complexity index is 916. The molecule has 0 radical (unpaired) electrons. The van der Waals surface area contributed by atoms with Crippen LogP contribution in [0.25, 0.3) is 0 Å². The number of nitrogens with zero attached hydrogens (tertiary/aromatic N) is 4. The van der Waals surface area contributed by atoms with Crippen LogP contribution in [-0.4, -0.2) is 43.5 Å². The summed E-state index contributed by atoms with van der Waals surface area (Å²) in [5.41, 5.74) is -4.12. The van der Waals surface area contributed by atoms with Gasteiger partial charge < -0.3 is 5.11 Å². The van der Waals surface area contributed by atoms with Crippen molar-refractivity contribution in [3.63, 3.8) is 0 Å². The van der Waals surface area contributed by atoms with Crippen LogP contribution in [0.5, 0.6) is 0 Å². The fourth-order valence-electron chi connectivity index (χ4n) is 2.52. The van der Waals surface area contributed by atoms with E-state index in [1.54, 1.807) is 0 Å². The van der Waals surface area contributed by atoms with Crippen LogP contribution in [0.15, 0.2) is 53.9 Å². The molecule has 1 aliphatic rings. The highest BCUT2D eigenvalue weighted by molar-refractivity contribution is 6.05. The molecule has 0 saturated carbocycles. The fourth-order valence-corrected chi connectivity index (χ4v) is 2.52. The van der Waals surface area contributed by atoms with E-state index >= 15 is 0 Å². The number of hydrogen-bond donors (Lipinski definition) is 1. The van der Waals surface area contributed by atoms with Crippen LogP contribution in [0, 0.1) is 10.1 Å². The molecule has 0 aliphatic carbocycles. The van der Waals surface area contributed by atoms with E-state index in [1.807, 2.05) is 0 Å². The van der Waals surface area contributed by atoms with E-state index in [0.717, 1.165) is 24.3 Å². The minimum atomic E-state index is -5.18. The predicted octanol–water partition coefficient (Wildman–Crippen LogP) is 2.49. The van der Waals surface area contributed by atoms with E-state index < -0.39 is 29.2 Å². The van der Waals surface area contributed by atoms with Crippen molar-refractivity contribution in [2.24, 2.45) is 5.10 Å². The van der Waals surface area contributed by atoms with Gasteiger partial charge in [-0.15, -0.1) is 0 Å². The molecule has 0 bridgehead atoms. The van der Waals surface area contributed by atoms with Gasteiger partial charge in [0.1, 0.15) is 0 Å². The first-order valence-corrected chi connectivity index (χ1v) is 7.49. The number of pyridine rings is 1. The summed E-state index contributed by atoms with van der Waals surface area (Å²) in [6, 6.07) is 6.86. The van der Waals surface area contributed by atoms with Crippen molar-refractivity contribution in [1.82, 2.24) is 9.99 Å². The quantitative estimate of drug-likeness (QED) is 0.650. The highest BCUT2D eigenvalue weighted by Crippen LogP contribution is 2.42. The van der Waals surface area contributed by atoms with Crippen molar-refractivity contribution in [2.75, 3.05) is 0 Å². The second-order valence-electron chi connectivity index (χ2n) is 5.70. The van der Waals surface area contributed by atoms with Crippen molar-refractivity contribution in [3.05, 3.63) is 70.0 Å². The molecule has 1 atom stereocenters. The zero-order valence-corrected chi connectivity index (χ0v) is 13.4. The zero-order chi connectivity index (χ0) is 19.8. The smallest absolute Gasteiger partial charge is 0.362 e. The maximum absolute atomic E-state index is 13.5. The summed E-state index contributed by atoms with van der Waals surface area (Å²) in [4.78, 5) is 26.3. The second-order valence-corrected chi connectivity index (χ2v) is 5.70. The average molecular weight is 380 g/mol. The number of halogens is 3. The minimum Gasteiger partial charge on any atom is -0.362 e. The van der Waals surface area contributed by atoms with Crippen LogP contribution in [0.4, 0.5) is 18.9 Å². The molecule has 0 fully saturated rings. The largest absolute Gasteiger partial charge is 0.438 e. The van der Waals surface area contributed by atoms with Gasteiger partial charge in [0.25, 0.3) is 17.3 Å². The van der Waals surface area contributed by atoms with Crippen LogP contribution >= 0.6 is 0 Å². The Labute approximate surface area is 149 Å². The molecule has 8 nitrogen and oxygen atoms in total. The molecular formula is C16H11F3N4O4. The molecule has 3 rings (SSSR count). The molecule has 11 heteroatoms. The molecule has 1 aliphatic heterocycles. The van der Waals surface area contributed by atoms with Crippen LogP contribution in [-0.2, 0) is 0 Å². The van der Waals surface area contributed by atoms with Gasteiger partial charge in [0, 0.05) is 35.7 Å². The second kappa shape index (κ2) is 6.43. The SMILES string of the molecule is O=C(c1ccc([N+](=O)[O-])cc1)N1N=C(c2cccnc2)C[C@]1(O)C(F)(F)F. The Morgan fingerprint density at radius 1 is 1.26 bits per heavy atom. The number of non-ortho nitro benzene ring substituents is 1. The highest BCUT2D eigenvalue weighted by Gasteiger charge is 2.63. The number of alkyl halides is 3. The first kappa shape index (κ1) is 18.5. The predicted molar refractivity (Wildman–Crippen MR) is 85.7 cm³/mol. The number of nitro benzene ring substituents is 1. The van der Waals surface area contributed by atoms with Crippen LogP contribution in [0.1, 0.15) is 22.3 Å². The molecule has 27 heavy (non-hydrogen) atoms. The van der Waals surface area contributed by atoms with Gasteiger partial charge in [-0.1, -0.05) is 6.07 Å². The van der Waals surface area contributed by atoms with Gasteiger partial charge in [0.05, 0.1) is 17.1 Å². The Morgan fingerprint density at radius 3 is 2.44 bits per heavy atom. The van der Waals surface area contributed by atoms with Gasteiger partial charge in [-0.25, -0.2) is 0 Å². The number of rotatable bonds is 3. The number of carbonyl (C=O) groups is 1. The Hall–Kier alpha value is -3.34. The number of benzene rings is 1. The number of aromatic nitrogens is 1. The van der Waals surface area contributed by atoms with Gasteiger partial charge in [-0.3, -0.25) is 19.9 Å². The Balaban J connectivity index is 2.01. The van der Waals surface area contributed by atoms with Crippen molar-refractivity contribution in [3.8, 4) is 0 Å². The molecule has 0 unspecified atom stereocenters. The number of hydrazone groups is 1. The zero-order valence-electron chi connectivity index (χ0n) is 13.4. The van der Waals surface area contributed by atoms with E-state index in [2.05, 4.69) is 10.1 Å². The highest BCUT2D eigenvalue weighted by atomic mass is 19.4. The molecule has 1 N–H and O–H groups in total. The van der Waals surface area contributed by atoms with Crippen molar-refractivity contribution < 1.29 is 28.0 Å². The number of amides is 1. The lowest BCUT2D eigenvalue weighted by Gasteiger charge is -2.32. The summed E-state index contributed by atoms with van der Waals surface area (Å²) in [7, 11) is 0. The number of nitro groups is 1. The van der Waals surface area contributed by atoms with Crippen molar-refractivity contribution in [1.29, 1.82) is 0 Å². The van der Waals surface area contributed by atoms with E-state index in [1.165, 1.54) is 24.5 Å². The topological polar surface area (TPSA) is 109 Å². The molecule has 1 amide bonds. The number of aliphatic hydroxyl groups is 1. The van der Waals surface area contributed by atoms with Crippen molar-refractivity contribution >= 4 is 17.3 Å². The van der Waals surface area contributed by atoms with Gasteiger partial charge in [0.15, 0.2) is 0 Å². The first-order chi connectivity index (χ1) is 12.6. The van der Waals surface area contributed by atoms with Crippen LogP contribution < -0.4 is 0 Å². The lowest BCUT2D eigenvalue weighted by molar-refractivity contribution is -0.384. The number of carbonyl (C=O) groups excluding carboxylic acids is 1. The summed E-state index contributed by atoms with van der Waals surface area (Å²) in [6.45, 7) is 0. The normalized spacial score (nSPS) is 19.7. The van der Waals surface area contributed by atoms with Crippen LogP contribution in [0.2, 0.25) is 0 Å². The lowest BCUT2D eigenvalue weighted by atomic mass is 10.0. The third kappa shape index (κ3) is 3.24. The summed E-state index contributed by atoms with van der Waals surface area (Å²) in [5, 5.41) is 24.5. The molecule has 1 aromatic heterocycles. The molecule has 0 spiro atoms. The van der Waals surface area contributed by atoms with Gasteiger partial charge in [-0.05, 0) is 18.2 Å². The van der Waals surface area contributed by atoms with Crippen LogP contribution in [0.3, 0.4) is 0 Å². The first-order valence-electron chi connectivity index (χ1n) is 7.49. The lowest BCUT2D eigenvalue weighted by Crippen LogP contribution is -2.56. The maximum Gasteiger partial charge on any atom is 0.438 e. The average Bonchev–Trinajstić information content (AvgIpc) is 3.01. The van der Waals surface area contributed by atoms with Gasteiger partial charge in [-0.2, -0.15) is 23.3 Å². The Kier molecular flexibility index (Phi) is 4.39. The molecule has 140 valence electrons. The molecule has 2 heterocycles. The molecule has 2 aromatic rings. The monoisotopic (exact) mass is 380 g/mol.